The van der Waals surface area contributed by atoms with Gasteiger partial charge in [-0.2, -0.15) is 10.5 Å². The summed E-state index contributed by atoms with van der Waals surface area (Å²) in [5.41, 5.74) is 0. The first kappa shape index (κ1) is 16.4. The van der Waals surface area contributed by atoms with Crippen LogP contribution in [0.5, 0.6) is 0 Å². The monoisotopic (exact) mass is 210 g/mol. The molecular formula is C12H22N2O. The molecule has 0 aromatic heterocycles. The van der Waals surface area contributed by atoms with E-state index in [2.05, 4.69) is 0 Å². The van der Waals surface area contributed by atoms with Gasteiger partial charge in [-0.15, -0.1) is 0 Å². The lowest BCUT2D eigenvalue weighted by atomic mass is 10.4. The van der Waals surface area contributed by atoms with Crippen LogP contribution in [0, 0.1) is 22.7 Å². The maximum absolute atomic E-state index is 7.82. The molecule has 0 unspecified atom stereocenters. The average molecular weight is 210 g/mol. The summed E-state index contributed by atoms with van der Waals surface area (Å²) in [6.07, 6.45) is 5.91. The molecule has 3 nitrogen and oxygen atoms in total. The summed E-state index contributed by atoms with van der Waals surface area (Å²) in [6, 6.07) is 4.03. The molecule has 0 saturated carbocycles. The molecule has 0 spiro atoms. The molecule has 0 aliphatic carbocycles. The van der Waals surface area contributed by atoms with Crippen LogP contribution in [0.15, 0.2) is 0 Å². The fraction of sp³-hybridized carbons (Fsp3) is 0.833. The van der Waals surface area contributed by atoms with E-state index in [0.29, 0.717) is 12.8 Å². The van der Waals surface area contributed by atoms with E-state index in [-0.39, 0.29) is 0 Å². The van der Waals surface area contributed by atoms with Crippen molar-refractivity contribution in [1.82, 2.24) is 0 Å². The first-order valence-corrected chi connectivity index (χ1v) is 5.65. The van der Waals surface area contributed by atoms with E-state index in [4.69, 9.17) is 15.3 Å². The molecule has 86 valence electrons. The van der Waals surface area contributed by atoms with Gasteiger partial charge in [0.1, 0.15) is 0 Å². The van der Waals surface area contributed by atoms with E-state index in [9.17, 15) is 0 Å². The minimum Gasteiger partial charge on any atom is -0.381 e. The minimum atomic E-state index is 0.694. The van der Waals surface area contributed by atoms with Crippen molar-refractivity contribution in [3.05, 3.63) is 0 Å². The van der Waals surface area contributed by atoms with Crippen molar-refractivity contribution in [2.24, 2.45) is 0 Å². The fourth-order valence-electron chi connectivity index (χ4n) is 0.734. The molecule has 1 fully saturated rings. The molecule has 0 aromatic rings. The van der Waals surface area contributed by atoms with Gasteiger partial charge in [-0.25, -0.2) is 0 Å². The third-order valence-electron chi connectivity index (χ3n) is 1.55. The van der Waals surface area contributed by atoms with Crippen LogP contribution in [0.25, 0.3) is 0 Å². The summed E-state index contributed by atoms with van der Waals surface area (Å²) in [5.74, 6) is 0. The zero-order chi connectivity index (χ0) is 11.8. The maximum Gasteiger partial charge on any atom is 0.0621 e. The smallest absolute Gasteiger partial charge is 0.0621 e. The Kier molecular flexibility index (Phi) is 20.4. The predicted octanol–water partition coefficient (Wildman–Crippen LogP) is 3.42. The van der Waals surface area contributed by atoms with Gasteiger partial charge in [0.15, 0.2) is 0 Å². The quantitative estimate of drug-likeness (QED) is 0.701. The van der Waals surface area contributed by atoms with Gasteiger partial charge in [0, 0.05) is 26.1 Å². The molecule has 0 radical (unpaired) electrons. The zero-order valence-corrected chi connectivity index (χ0v) is 9.96. The standard InChI is InChI=1S/2C4H7N.C4H8O/c2*1-2-3-4-5;1-2-4-5-3-1/h2*2-3H2,1H3;1-4H2. The predicted molar refractivity (Wildman–Crippen MR) is 61.1 cm³/mol. The molecule has 15 heavy (non-hydrogen) atoms. The first-order valence-electron chi connectivity index (χ1n) is 5.65. The Morgan fingerprint density at radius 2 is 1.33 bits per heavy atom. The van der Waals surface area contributed by atoms with Crippen LogP contribution in [0.1, 0.15) is 52.4 Å². The van der Waals surface area contributed by atoms with Gasteiger partial charge in [-0.1, -0.05) is 13.8 Å². The highest BCUT2D eigenvalue weighted by molar-refractivity contribution is 4.65. The number of hydrogen-bond acceptors (Lipinski definition) is 3. The molecule has 0 atom stereocenters. The Balaban J connectivity index is 0. The fourth-order valence-corrected chi connectivity index (χ4v) is 0.734. The van der Waals surface area contributed by atoms with Crippen molar-refractivity contribution in [2.75, 3.05) is 13.2 Å². The molecule has 1 heterocycles. The van der Waals surface area contributed by atoms with Gasteiger partial charge in [0.25, 0.3) is 0 Å². The largest absolute Gasteiger partial charge is 0.381 e. The van der Waals surface area contributed by atoms with Crippen molar-refractivity contribution in [3.8, 4) is 12.1 Å². The maximum atomic E-state index is 7.82. The van der Waals surface area contributed by atoms with Crippen LogP contribution in [0.4, 0.5) is 0 Å². The lowest BCUT2D eigenvalue weighted by Gasteiger charge is -1.76. The SMILES string of the molecule is C1CCOC1.CCCC#N.CCCC#N. The molecule has 1 aliphatic heterocycles. The first-order chi connectivity index (χ1) is 7.33. The molecule has 0 bridgehead atoms. The van der Waals surface area contributed by atoms with E-state index in [1.165, 1.54) is 12.8 Å². The Morgan fingerprint density at radius 3 is 1.40 bits per heavy atom. The molecule has 0 amide bonds. The van der Waals surface area contributed by atoms with Crippen molar-refractivity contribution in [2.45, 2.75) is 52.4 Å². The lowest BCUT2D eigenvalue weighted by molar-refractivity contribution is 0.198. The molecule has 0 N–H and O–H groups in total. The van der Waals surface area contributed by atoms with Gasteiger partial charge in [-0.05, 0) is 25.7 Å². The van der Waals surface area contributed by atoms with E-state index >= 15 is 0 Å². The van der Waals surface area contributed by atoms with Gasteiger partial charge < -0.3 is 4.74 Å². The topological polar surface area (TPSA) is 56.8 Å². The van der Waals surface area contributed by atoms with Crippen molar-refractivity contribution < 1.29 is 4.74 Å². The summed E-state index contributed by atoms with van der Waals surface area (Å²) in [4.78, 5) is 0. The van der Waals surface area contributed by atoms with E-state index in [1.54, 1.807) is 0 Å². The van der Waals surface area contributed by atoms with E-state index in [0.717, 1.165) is 26.1 Å². The van der Waals surface area contributed by atoms with E-state index in [1.807, 2.05) is 26.0 Å². The third kappa shape index (κ3) is 24.6. The normalized spacial score (nSPS) is 12.3. The highest BCUT2D eigenvalue weighted by Crippen LogP contribution is 1.98. The van der Waals surface area contributed by atoms with Gasteiger partial charge in [0.05, 0.1) is 12.1 Å². The Bertz CT molecular complexity index is 151. The van der Waals surface area contributed by atoms with Crippen molar-refractivity contribution in [3.63, 3.8) is 0 Å². The number of ether oxygens (including phenoxy) is 1. The number of rotatable bonds is 2. The van der Waals surface area contributed by atoms with Crippen LogP contribution in [0.3, 0.4) is 0 Å². The second-order valence-electron chi connectivity index (χ2n) is 3.14. The molecule has 1 rings (SSSR count). The molecular weight excluding hydrogens is 188 g/mol. The van der Waals surface area contributed by atoms with Crippen LogP contribution in [0.2, 0.25) is 0 Å². The second-order valence-corrected chi connectivity index (χ2v) is 3.14. The van der Waals surface area contributed by atoms with Crippen molar-refractivity contribution in [1.29, 1.82) is 10.5 Å². The Labute approximate surface area is 93.7 Å². The van der Waals surface area contributed by atoms with Gasteiger partial charge >= 0.3 is 0 Å². The number of nitrogens with zero attached hydrogens (tertiary/aromatic N) is 2. The minimum absolute atomic E-state index is 0.694. The molecule has 0 aromatic carbocycles. The number of unbranched alkanes of at least 4 members (excludes halogenated alkanes) is 2. The Hall–Kier alpha value is -1.06. The Morgan fingerprint density at radius 1 is 0.933 bits per heavy atom. The molecule has 3 heteroatoms. The highest BCUT2D eigenvalue weighted by Gasteiger charge is 1.94. The molecule has 1 saturated heterocycles. The van der Waals surface area contributed by atoms with Crippen molar-refractivity contribution >= 4 is 0 Å². The summed E-state index contributed by atoms with van der Waals surface area (Å²) in [7, 11) is 0. The third-order valence-corrected chi connectivity index (χ3v) is 1.55. The van der Waals surface area contributed by atoms with Crippen LogP contribution in [-0.4, -0.2) is 13.2 Å². The average Bonchev–Trinajstić information content (AvgIpc) is 2.79. The second kappa shape index (κ2) is 18.7. The van der Waals surface area contributed by atoms with Crippen LogP contribution in [-0.2, 0) is 4.74 Å². The number of hydrogen-bond donors (Lipinski definition) is 0. The number of nitriles is 2. The van der Waals surface area contributed by atoms with E-state index < -0.39 is 0 Å². The summed E-state index contributed by atoms with van der Waals surface area (Å²) in [6.45, 7) is 5.98. The van der Waals surface area contributed by atoms with Crippen LogP contribution >= 0.6 is 0 Å². The van der Waals surface area contributed by atoms with Gasteiger partial charge in [0.2, 0.25) is 0 Å². The summed E-state index contributed by atoms with van der Waals surface area (Å²) in [5, 5.41) is 15.6. The van der Waals surface area contributed by atoms with Crippen LogP contribution < -0.4 is 0 Å². The lowest BCUT2D eigenvalue weighted by Crippen LogP contribution is -1.74. The zero-order valence-electron chi connectivity index (χ0n) is 9.96. The highest BCUT2D eigenvalue weighted by atomic mass is 16.5. The van der Waals surface area contributed by atoms with Gasteiger partial charge in [-0.3, -0.25) is 0 Å². The summed E-state index contributed by atoms with van der Waals surface area (Å²) >= 11 is 0. The summed E-state index contributed by atoms with van der Waals surface area (Å²) < 4.78 is 4.94. The molecule has 1 aliphatic rings.